The molecule has 0 N–H and O–H groups in total. The summed E-state index contributed by atoms with van der Waals surface area (Å²) in [5.41, 5.74) is 3.38. The largest absolute Gasteiger partial charge is 0.436 e. The van der Waals surface area contributed by atoms with Crippen molar-refractivity contribution in [3.63, 3.8) is 0 Å². The van der Waals surface area contributed by atoms with Crippen molar-refractivity contribution in [3.05, 3.63) is 83.4 Å². The number of halogens is 1. The lowest BCUT2D eigenvalue weighted by atomic mass is 9.87. The van der Waals surface area contributed by atoms with E-state index in [-0.39, 0.29) is 30.7 Å². The Balaban J connectivity index is 1.27. The molecule has 1 unspecified atom stereocenters. The van der Waals surface area contributed by atoms with Gasteiger partial charge in [-0.2, -0.15) is 0 Å². The van der Waals surface area contributed by atoms with Gasteiger partial charge in [0.2, 0.25) is 17.7 Å². The van der Waals surface area contributed by atoms with Gasteiger partial charge in [0.25, 0.3) is 5.91 Å². The Labute approximate surface area is 231 Å². The Morgan fingerprint density at radius 1 is 0.949 bits per heavy atom. The molecule has 7 nitrogen and oxygen atoms in total. The zero-order valence-electron chi connectivity index (χ0n) is 21.4. The third-order valence-corrected chi connectivity index (χ3v) is 8.07. The minimum atomic E-state index is -0.875. The first kappa shape index (κ1) is 25.3. The van der Waals surface area contributed by atoms with E-state index in [4.69, 9.17) is 16.0 Å². The van der Waals surface area contributed by atoms with Gasteiger partial charge in [0.05, 0.1) is 12.1 Å². The quantitative estimate of drug-likeness (QED) is 0.264. The summed E-state index contributed by atoms with van der Waals surface area (Å²) in [6.07, 6.45) is 4.64. The fraction of sp³-hybridized carbons (Fsp3) is 0.290. The monoisotopic (exact) mass is 541 g/mol. The molecular weight excluding hydrogens is 514 g/mol. The van der Waals surface area contributed by atoms with Crippen LogP contribution in [0.15, 0.2) is 77.2 Å². The van der Waals surface area contributed by atoms with Gasteiger partial charge in [0.1, 0.15) is 11.6 Å². The second kappa shape index (κ2) is 10.7. The number of benzene rings is 3. The molecule has 1 aliphatic heterocycles. The number of hydrogen-bond donors (Lipinski definition) is 0. The highest BCUT2D eigenvalue weighted by Crippen LogP contribution is 2.33. The van der Waals surface area contributed by atoms with Gasteiger partial charge in [-0.15, -0.1) is 0 Å². The molecule has 6 rings (SSSR count). The van der Waals surface area contributed by atoms with Gasteiger partial charge in [-0.3, -0.25) is 14.4 Å². The highest BCUT2D eigenvalue weighted by molar-refractivity contribution is 6.31. The van der Waals surface area contributed by atoms with Gasteiger partial charge in [-0.05, 0) is 60.9 Å². The molecule has 198 valence electrons. The van der Waals surface area contributed by atoms with E-state index in [1.807, 2.05) is 42.5 Å². The van der Waals surface area contributed by atoms with Gasteiger partial charge in [0.15, 0.2) is 5.58 Å². The maximum atomic E-state index is 13.8. The number of rotatable bonds is 6. The fourth-order valence-electron chi connectivity index (χ4n) is 5.62. The number of nitrogens with zero attached hydrogens (tertiary/aromatic N) is 3. The van der Waals surface area contributed by atoms with Crippen LogP contribution in [-0.2, 0) is 20.9 Å². The molecule has 1 saturated carbocycles. The van der Waals surface area contributed by atoms with Crippen LogP contribution in [0.4, 0.5) is 5.69 Å². The molecule has 0 bridgehead atoms. The number of carbonyl (C=O) groups excluding carboxylic acids is 3. The average Bonchev–Trinajstić information content (AvgIpc) is 3.53. The maximum Gasteiger partial charge on any atom is 0.257 e. The van der Waals surface area contributed by atoms with Crippen LogP contribution < -0.4 is 4.90 Å². The summed E-state index contributed by atoms with van der Waals surface area (Å²) in [7, 11) is 0. The van der Waals surface area contributed by atoms with Crippen LogP contribution >= 0.6 is 11.6 Å². The lowest BCUT2D eigenvalue weighted by Gasteiger charge is -2.33. The first-order valence-electron chi connectivity index (χ1n) is 13.4. The molecule has 4 aromatic rings. The topological polar surface area (TPSA) is 83.7 Å². The Kier molecular flexibility index (Phi) is 6.92. The Morgan fingerprint density at radius 3 is 2.41 bits per heavy atom. The maximum absolute atomic E-state index is 13.8. The Bertz CT molecular complexity index is 1510. The number of para-hydroxylation sites is 2. The van der Waals surface area contributed by atoms with E-state index in [2.05, 4.69) is 4.98 Å². The van der Waals surface area contributed by atoms with Crippen LogP contribution in [-0.4, -0.2) is 33.6 Å². The molecule has 3 aromatic carbocycles. The lowest BCUT2D eigenvalue weighted by Crippen LogP contribution is -2.47. The number of hydrogen-bond acceptors (Lipinski definition) is 5. The molecule has 0 spiro atoms. The van der Waals surface area contributed by atoms with E-state index in [1.54, 1.807) is 35.2 Å². The number of oxazole rings is 1. The number of imide groups is 1. The van der Waals surface area contributed by atoms with E-state index in [0.29, 0.717) is 22.2 Å². The molecule has 2 aliphatic rings. The summed E-state index contributed by atoms with van der Waals surface area (Å²) in [5.74, 6) is -0.488. The molecule has 2 heterocycles. The molecular formula is C31H28ClN3O4. The minimum Gasteiger partial charge on any atom is -0.436 e. The van der Waals surface area contributed by atoms with Crippen LogP contribution in [0, 0.1) is 5.92 Å². The number of anilines is 1. The van der Waals surface area contributed by atoms with Gasteiger partial charge in [-0.25, -0.2) is 9.88 Å². The van der Waals surface area contributed by atoms with Crippen molar-refractivity contribution >= 4 is 46.1 Å². The van der Waals surface area contributed by atoms with Crippen molar-refractivity contribution in [2.24, 2.45) is 5.92 Å². The molecule has 1 aromatic heterocycles. The van der Waals surface area contributed by atoms with Crippen molar-refractivity contribution in [3.8, 4) is 11.5 Å². The highest BCUT2D eigenvalue weighted by Gasteiger charge is 2.45. The van der Waals surface area contributed by atoms with Crippen LogP contribution in [0.1, 0.15) is 44.1 Å². The van der Waals surface area contributed by atoms with Crippen LogP contribution in [0.3, 0.4) is 0 Å². The minimum absolute atomic E-state index is 0.0609. The average molecular weight is 542 g/mol. The molecule has 1 atom stereocenters. The summed E-state index contributed by atoms with van der Waals surface area (Å²) >= 11 is 6.43. The summed E-state index contributed by atoms with van der Waals surface area (Å²) in [4.78, 5) is 48.0. The summed E-state index contributed by atoms with van der Waals surface area (Å²) < 4.78 is 5.85. The third kappa shape index (κ3) is 4.94. The van der Waals surface area contributed by atoms with Crippen LogP contribution in [0.5, 0.6) is 0 Å². The second-order valence-corrected chi connectivity index (χ2v) is 10.6. The molecule has 2 fully saturated rings. The second-order valence-electron chi connectivity index (χ2n) is 10.2. The van der Waals surface area contributed by atoms with Crippen molar-refractivity contribution in [1.82, 2.24) is 9.88 Å². The van der Waals surface area contributed by atoms with Crippen LogP contribution in [0.25, 0.3) is 22.6 Å². The van der Waals surface area contributed by atoms with Crippen LogP contribution in [0.2, 0.25) is 5.02 Å². The summed E-state index contributed by atoms with van der Waals surface area (Å²) in [6, 6.07) is 20.9. The lowest BCUT2D eigenvalue weighted by molar-refractivity contribution is -0.143. The molecule has 8 heteroatoms. The smallest absolute Gasteiger partial charge is 0.257 e. The summed E-state index contributed by atoms with van der Waals surface area (Å²) in [5, 5.41) is 0.530. The number of amides is 3. The van der Waals surface area contributed by atoms with Crippen molar-refractivity contribution in [1.29, 1.82) is 0 Å². The molecule has 1 aliphatic carbocycles. The fourth-order valence-corrected chi connectivity index (χ4v) is 5.81. The van der Waals surface area contributed by atoms with Crippen molar-refractivity contribution in [2.45, 2.75) is 51.1 Å². The van der Waals surface area contributed by atoms with E-state index >= 15 is 0 Å². The van der Waals surface area contributed by atoms with Crippen molar-refractivity contribution < 1.29 is 18.8 Å². The van der Waals surface area contributed by atoms with Gasteiger partial charge < -0.3 is 9.32 Å². The standard InChI is InChI=1S/C31H28ClN3O4/c32-24-11-5-4-10-22(24)19-34(30(37)21-8-2-1-3-9-21)26-18-28(36)35(31(26)38)23-16-14-20(15-17-23)29-33-25-12-6-7-13-27(25)39-29/h4-7,10-17,21,26H,1-3,8-9,18-19H2. The summed E-state index contributed by atoms with van der Waals surface area (Å²) in [6.45, 7) is 0.184. The molecule has 3 amide bonds. The predicted molar refractivity (Wildman–Crippen MR) is 149 cm³/mol. The predicted octanol–water partition coefficient (Wildman–Crippen LogP) is 6.39. The Hall–Kier alpha value is -3.97. The highest BCUT2D eigenvalue weighted by atomic mass is 35.5. The first-order chi connectivity index (χ1) is 19.0. The SMILES string of the molecule is O=C1CC(N(Cc2ccccc2Cl)C(=O)C2CCCCC2)C(=O)N1c1ccc(-c2nc3ccccc3o2)cc1. The van der Waals surface area contributed by atoms with E-state index in [1.165, 1.54) is 4.90 Å². The number of aromatic nitrogens is 1. The Morgan fingerprint density at radius 2 is 1.67 bits per heavy atom. The van der Waals surface area contributed by atoms with Crippen molar-refractivity contribution in [2.75, 3.05) is 4.90 Å². The third-order valence-electron chi connectivity index (χ3n) is 7.70. The molecule has 1 saturated heterocycles. The van der Waals surface area contributed by atoms with Gasteiger partial charge in [0, 0.05) is 23.0 Å². The van der Waals surface area contributed by atoms with Gasteiger partial charge >= 0.3 is 0 Å². The van der Waals surface area contributed by atoms with Gasteiger partial charge in [-0.1, -0.05) is 61.2 Å². The zero-order chi connectivity index (χ0) is 26.9. The van der Waals surface area contributed by atoms with E-state index < -0.39 is 11.9 Å². The number of carbonyl (C=O) groups is 3. The van der Waals surface area contributed by atoms with E-state index in [0.717, 1.165) is 48.7 Å². The zero-order valence-corrected chi connectivity index (χ0v) is 22.1. The number of fused-ring (bicyclic) bond motifs is 1. The normalized spacial score (nSPS) is 18.2. The molecule has 39 heavy (non-hydrogen) atoms. The molecule has 0 radical (unpaired) electrons. The first-order valence-corrected chi connectivity index (χ1v) is 13.7. The van der Waals surface area contributed by atoms with E-state index in [9.17, 15) is 14.4 Å².